The van der Waals surface area contributed by atoms with Gasteiger partial charge in [0.25, 0.3) is 10.0 Å². The molecule has 1 aliphatic heterocycles. The molecule has 23 heavy (non-hydrogen) atoms. The first kappa shape index (κ1) is 16.8. The van der Waals surface area contributed by atoms with Crippen molar-refractivity contribution in [3.63, 3.8) is 0 Å². The number of thiophene rings is 1. The molecule has 1 aromatic carbocycles. The Balaban J connectivity index is 1.76. The van der Waals surface area contributed by atoms with Crippen LogP contribution in [0.1, 0.15) is 11.1 Å². The number of hydrogen-bond donors (Lipinski definition) is 0. The average molecular weight is 371 g/mol. The van der Waals surface area contributed by atoms with E-state index in [1.807, 2.05) is 0 Å². The summed E-state index contributed by atoms with van der Waals surface area (Å²) in [6.07, 6.45) is 0. The van der Waals surface area contributed by atoms with Crippen LogP contribution in [0.2, 0.25) is 4.34 Å². The maximum atomic E-state index is 12.6. The van der Waals surface area contributed by atoms with Crippen LogP contribution in [0, 0.1) is 13.8 Å². The lowest BCUT2D eigenvalue weighted by Crippen LogP contribution is -2.48. The summed E-state index contributed by atoms with van der Waals surface area (Å²) in [6.45, 7) is 6.57. The molecule has 0 atom stereocenters. The maximum Gasteiger partial charge on any atom is 0.252 e. The summed E-state index contributed by atoms with van der Waals surface area (Å²) in [5.74, 6) is 0. The molecule has 124 valence electrons. The minimum absolute atomic E-state index is 0.322. The van der Waals surface area contributed by atoms with Gasteiger partial charge in [0.1, 0.15) is 4.21 Å². The van der Waals surface area contributed by atoms with Gasteiger partial charge >= 0.3 is 0 Å². The lowest BCUT2D eigenvalue weighted by molar-refractivity contribution is 0.385. The van der Waals surface area contributed by atoms with Gasteiger partial charge in [-0.3, -0.25) is 0 Å². The van der Waals surface area contributed by atoms with E-state index in [4.69, 9.17) is 11.6 Å². The average Bonchev–Trinajstić information content (AvgIpc) is 2.95. The van der Waals surface area contributed by atoms with E-state index in [0.29, 0.717) is 34.7 Å². The predicted molar refractivity (Wildman–Crippen MR) is 96.2 cm³/mol. The lowest BCUT2D eigenvalue weighted by atomic mass is 10.1. The maximum absolute atomic E-state index is 12.6. The quantitative estimate of drug-likeness (QED) is 0.829. The first-order valence-electron chi connectivity index (χ1n) is 7.46. The molecule has 4 nitrogen and oxygen atoms in total. The van der Waals surface area contributed by atoms with E-state index in [-0.39, 0.29) is 0 Å². The van der Waals surface area contributed by atoms with Gasteiger partial charge in [0.15, 0.2) is 0 Å². The van der Waals surface area contributed by atoms with Crippen molar-refractivity contribution in [3.05, 3.63) is 45.8 Å². The van der Waals surface area contributed by atoms with Crippen molar-refractivity contribution in [2.24, 2.45) is 0 Å². The summed E-state index contributed by atoms with van der Waals surface area (Å²) in [7, 11) is -3.43. The predicted octanol–water partition coefficient (Wildman–Crippen LogP) is 3.53. The van der Waals surface area contributed by atoms with Crippen LogP contribution < -0.4 is 4.90 Å². The van der Waals surface area contributed by atoms with Crippen LogP contribution in [0.25, 0.3) is 0 Å². The monoisotopic (exact) mass is 370 g/mol. The Morgan fingerprint density at radius 1 is 1.00 bits per heavy atom. The Kier molecular flexibility index (Phi) is 4.69. The molecule has 7 heteroatoms. The van der Waals surface area contributed by atoms with Crippen molar-refractivity contribution in [2.45, 2.75) is 18.1 Å². The molecule has 2 heterocycles. The molecule has 0 spiro atoms. The molecule has 1 saturated heterocycles. The fourth-order valence-electron chi connectivity index (χ4n) is 3.02. The largest absolute Gasteiger partial charge is 0.368 e. The van der Waals surface area contributed by atoms with Crippen LogP contribution in [-0.2, 0) is 10.0 Å². The number of halogens is 1. The van der Waals surface area contributed by atoms with Gasteiger partial charge in [-0.15, -0.1) is 11.3 Å². The van der Waals surface area contributed by atoms with Gasteiger partial charge in [-0.25, -0.2) is 8.42 Å². The van der Waals surface area contributed by atoms with Crippen molar-refractivity contribution in [1.82, 2.24) is 4.31 Å². The molecule has 0 saturated carbocycles. The molecule has 0 radical (unpaired) electrons. The SMILES string of the molecule is Cc1cccc(C)c1N1CCN(S(=O)(=O)c2ccc(Cl)s2)CC1. The Morgan fingerprint density at radius 2 is 1.61 bits per heavy atom. The van der Waals surface area contributed by atoms with Gasteiger partial charge in [-0.2, -0.15) is 4.31 Å². The number of benzene rings is 1. The minimum atomic E-state index is -3.43. The number of piperazine rings is 1. The number of rotatable bonds is 3. The third kappa shape index (κ3) is 3.26. The second-order valence-electron chi connectivity index (χ2n) is 5.69. The summed E-state index contributed by atoms with van der Waals surface area (Å²) in [4.78, 5) is 2.28. The second kappa shape index (κ2) is 6.43. The molecule has 2 aromatic rings. The topological polar surface area (TPSA) is 40.6 Å². The zero-order chi connectivity index (χ0) is 16.6. The zero-order valence-electron chi connectivity index (χ0n) is 13.1. The number of hydrogen-bond acceptors (Lipinski definition) is 4. The molecular formula is C16H19ClN2O2S2. The summed E-state index contributed by atoms with van der Waals surface area (Å²) in [5.41, 5.74) is 3.68. The highest BCUT2D eigenvalue weighted by Gasteiger charge is 2.30. The molecule has 1 aliphatic rings. The van der Waals surface area contributed by atoms with E-state index in [2.05, 4.69) is 36.9 Å². The van der Waals surface area contributed by atoms with Crippen LogP contribution >= 0.6 is 22.9 Å². The highest BCUT2D eigenvalue weighted by Crippen LogP contribution is 2.30. The normalized spacial score (nSPS) is 16.7. The van der Waals surface area contributed by atoms with Crippen molar-refractivity contribution in [1.29, 1.82) is 0 Å². The first-order valence-corrected chi connectivity index (χ1v) is 10.1. The zero-order valence-corrected chi connectivity index (χ0v) is 15.5. The standard InChI is InChI=1S/C16H19ClN2O2S2/c1-12-4-3-5-13(2)16(12)18-8-10-19(11-9-18)23(20,21)15-7-6-14(17)22-15/h3-7H,8-11H2,1-2H3. The van der Waals surface area contributed by atoms with Crippen molar-refractivity contribution < 1.29 is 8.42 Å². The van der Waals surface area contributed by atoms with Gasteiger partial charge in [0, 0.05) is 31.9 Å². The third-order valence-electron chi connectivity index (χ3n) is 4.14. The summed E-state index contributed by atoms with van der Waals surface area (Å²) < 4.78 is 27.6. The molecule has 0 unspecified atom stereocenters. The van der Waals surface area contributed by atoms with E-state index in [1.165, 1.54) is 16.8 Å². The third-order valence-corrected chi connectivity index (χ3v) is 7.73. The second-order valence-corrected chi connectivity index (χ2v) is 9.57. The molecule has 3 rings (SSSR count). The van der Waals surface area contributed by atoms with E-state index in [9.17, 15) is 8.42 Å². The summed E-state index contributed by atoms with van der Waals surface area (Å²) in [6, 6.07) is 9.46. The van der Waals surface area contributed by atoms with E-state index < -0.39 is 10.0 Å². The van der Waals surface area contributed by atoms with E-state index in [1.54, 1.807) is 16.4 Å². The molecule has 0 aliphatic carbocycles. The molecule has 1 aromatic heterocycles. The fourth-order valence-corrected chi connectivity index (χ4v) is 6.08. The number of anilines is 1. The van der Waals surface area contributed by atoms with E-state index in [0.717, 1.165) is 11.3 Å². The van der Waals surface area contributed by atoms with Crippen LogP contribution in [0.3, 0.4) is 0 Å². The molecule has 0 bridgehead atoms. The smallest absolute Gasteiger partial charge is 0.252 e. The number of nitrogens with zero attached hydrogens (tertiary/aromatic N) is 2. The van der Waals surface area contributed by atoms with E-state index >= 15 is 0 Å². The van der Waals surface area contributed by atoms with Crippen LogP contribution in [-0.4, -0.2) is 38.9 Å². The Hall–Kier alpha value is -1.08. The van der Waals surface area contributed by atoms with Crippen LogP contribution in [0.4, 0.5) is 5.69 Å². The highest BCUT2D eigenvalue weighted by atomic mass is 35.5. The van der Waals surface area contributed by atoms with Crippen molar-refractivity contribution in [3.8, 4) is 0 Å². The summed E-state index contributed by atoms with van der Waals surface area (Å²) in [5, 5.41) is 0. The Bertz CT molecular complexity index is 789. The Morgan fingerprint density at radius 3 is 2.13 bits per heavy atom. The van der Waals surface area contributed by atoms with Gasteiger partial charge in [0.05, 0.1) is 4.34 Å². The highest BCUT2D eigenvalue weighted by molar-refractivity contribution is 7.91. The fraction of sp³-hybridized carbons (Fsp3) is 0.375. The van der Waals surface area contributed by atoms with Crippen LogP contribution in [0.5, 0.6) is 0 Å². The number of sulfonamides is 1. The Labute approximate surface area is 146 Å². The number of para-hydroxylation sites is 1. The van der Waals surface area contributed by atoms with Gasteiger partial charge in [0.2, 0.25) is 0 Å². The number of aryl methyl sites for hydroxylation is 2. The molecule has 0 N–H and O–H groups in total. The molecular weight excluding hydrogens is 352 g/mol. The van der Waals surface area contributed by atoms with Crippen LogP contribution in [0.15, 0.2) is 34.5 Å². The first-order chi connectivity index (χ1) is 10.9. The molecule has 0 amide bonds. The minimum Gasteiger partial charge on any atom is -0.368 e. The van der Waals surface area contributed by atoms with Crippen molar-refractivity contribution in [2.75, 3.05) is 31.1 Å². The van der Waals surface area contributed by atoms with Crippen molar-refractivity contribution >= 4 is 38.6 Å². The lowest BCUT2D eigenvalue weighted by Gasteiger charge is -2.36. The van der Waals surface area contributed by atoms with Gasteiger partial charge < -0.3 is 4.90 Å². The van der Waals surface area contributed by atoms with Gasteiger partial charge in [-0.05, 0) is 37.1 Å². The van der Waals surface area contributed by atoms with Gasteiger partial charge in [-0.1, -0.05) is 29.8 Å². The summed E-state index contributed by atoms with van der Waals surface area (Å²) >= 11 is 6.98. The molecule has 1 fully saturated rings.